The Labute approximate surface area is 134 Å². The Balaban J connectivity index is 1.82. The smallest absolute Gasteiger partial charge is 0.312 e. The molecule has 2 fully saturated rings. The molecule has 1 saturated heterocycles. The lowest BCUT2D eigenvalue weighted by Crippen LogP contribution is -2.52. The van der Waals surface area contributed by atoms with Crippen molar-refractivity contribution in [2.45, 2.75) is 65.9 Å². The van der Waals surface area contributed by atoms with E-state index in [1.165, 1.54) is 24.8 Å². The van der Waals surface area contributed by atoms with Crippen molar-refractivity contribution < 1.29 is 9.53 Å². The van der Waals surface area contributed by atoms with Gasteiger partial charge in [-0.25, -0.2) is 0 Å². The van der Waals surface area contributed by atoms with Crippen molar-refractivity contribution in [3.8, 4) is 0 Å². The van der Waals surface area contributed by atoms with Gasteiger partial charge in [0.1, 0.15) is 6.10 Å². The lowest BCUT2D eigenvalue weighted by atomic mass is 9.47. The first-order valence-corrected chi connectivity index (χ1v) is 8.99. The van der Waals surface area contributed by atoms with Crippen LogP contribution in [0.4, 0.5) is 0 Å². The van der Waals surface area contributed by atoms with Crippen LogP contribution in [0.15, 0.2) is 23.3 Å². The van der Waals surface area contributed by atoms with Crippen molar-refractivity contribution in [3.63, 3.8) is 0 Å². The molecule has 2 nitrogen and oxygen atoms in total. The number of allylic oxidation sites excluding steroid dienone is 3. The lowest BCUT2D eigenvalue weighted by Gasteiger charge is -2.55. The van der Waals surface area contributed by atoms with Crippen molar-refractivity contribution in [3.05, 3.63) is 23.3 Å². The number of fused-ring (bicyclic) bond motifs is 2. The second kappa shape index (κ2) is 4.49. The third-order valence-corrected chi connectivity index (χ3v) is 7.22. The quantitative estimate of drug-likeness (QED) is 0.658. The number of carbonyl (C=O) groups excluding carboxylic acids is 1. The fourth-order valence-corrected chi connectivity index (χ4v) is 6.07. The van der Waals surface area contributed by atoms with Crippen LogP contribution in [0.25, 0.3) is 0 Å². The van der Waals surface area contributed by atoms with Crippen molar-refractivity contribution in [2.24, 2.45) is 28.6 Å². The molecule has 3 aliphatic carbocycles. The zero-order valence-electron chi connectivity index (χ0n) is 14.3. The predicted molar refractivity (Wildman–Crippen MR) is 87.2 cm³/mol. The summed E-state index contributed by atoms with van der Waals surface area (Å²) in [6.07, 6.45) is 10.6. The van der Waals surface area contributed by atoms with Crippen molar-refractivity contribution in [1.29, 1.82) is 0 Å². The van der Waals surface area contributed by atoms with E-state index in [9.17, 15) is 4.79 Å². The van der Waals surface area contributed by atoms with Gasteiger partial charge in [-0.2, -0.15) is 0 Å². The maximum Gasteiger partial charge on any atom is 0.312 e. The fraction of sp³-hybridized carbons (Fsp3) is 0.750. The summed E-state index contributed by atoms with van der Waals surface area (Å²) in [5.74, 6) is 1.67. The Bertz CT molecular complexity index is 585. The molecule has 120 valence electrons. The second-order valence-corrected chi connectivity index (χ2v) is 8.76. The number of esters is 1. The van der Waals surface area contributed by atoms with E-state index in [2.05, 4.69) is 39.8 Å². The van der Waals surface area contributed by atoms with Gasteiger partial charge in [0.05, 0.1) is 5.41 Å². The summed E-state index contributed by atoms with van der Waals surface area (Å²) in [6.45, 7) is 9.17. The van der Waals surface area contributed by atoms with Crippen LogP contribution in [0.5, 0.6) is 0 Å². The Morgan fingerprint density at radius 3 is 2.77 bits per heavy atom. The summed E-state index contributed by atoms with van der Waals surface area (Å²) < 4.78 is 5.85. The van der Waals surface area contributed by atoms with E-state index in [1.807, 2.05) is 0 Å². The van der Waals surface area contributed by atoms with Gasteiger partial charge in [0.15, 0.2) is 0 Å². The molecule has 4 rings (SSSR count). The zero-order valence-corrected chi connectivity index (χ0v) is 14.3. The molecule has 0 bridgehead atoms. The molecule has 0 N–H and O–H groups in total. The maximum atomic E-state index is 12.5. The summed E-state index contributed by atoms with van der Waals surface area (Å²) in [5, 5.41) is 0. The van der Waals surface area contributed by atoms with Crippen molar-refractivity contribution in [1.82, 2.24) is 0 Å². The highest BCUT2D eigenvalue weighted by Crippen LogP contribution is 2.65. The first-order chi connectivity index (χ1) is 10.4. The van der Waals surface area contributed by atoms with E-state index in [0.717, 1.165) is 12.8 Å². The van der Waals surface area contributed by atoms with Gasteiger partial charge in [-0.3, -0.25) is 4.79 Å². The van der Waals surface area contributed by atoms with Crippen LogP contribution in [0.3, 0.4) is 0 Å². The number of hydrogen-bond acceptors (Lipinski definition) is 2. The monoisotopic (exact) mass is 300 g/mol. The Morgan fingerprint density at radius 2 is 2.05 bits per heavy atom. The number of carbonyl (C=O) groups is 1. The maximum absolute atomic E-state index is 12.5. The SMILES string of the molecule is CC(C)C1=CC2=CC3OC(=O)C4(C)CCCC(C)(C2CC1)C34. The topological polar surface area (TPSA) is 26.3 Å². The highest BCUT2D eigenvalue weighted by atomic mass is 16.6. The predicted octanol–water partition coefficient (Wildman–Crippen LogP) is 4.66. The lowest BCUT2D eigenvalue weighted by molar-refractivity contribution is -0.148. The van der Waals surface area contributed by atoms with Crippen LogP contribution < -0.4 is 0 Å². The average molecular weight is 300 g/mol. The normalized spacial score (nSPS) is 46.6. The molecule has 0 amide bonds. The van der Waals surface area contributed by atoms with E-state index in [0.29, 0.717) is 17.8 Å². The van der Waals surface area contributed by atoms with E-state index in [4.69, 9.17) is 4.74 Å². The third kappa shape index (κ3) is 1.70. The van der Waals surface area contributed by atoms with Gasteiger partial charge in [-0.05, 0) is 61.5 Å². The van der Waals surface area contributed by atoms with Crippen LogP contribution in [0.1, 0.15) is 59.8 Å². The molecule has 5 atom stereocenters. The van der Waals surface area contributed by atoms with Crippen molar-refractivity contribution >= 4 is 5.97 Å². The first kappa shape index (κ1) is 14.5. The molecule has 1 saturated carbocycles. The van der Waals surface area contributed by atoms with Crippen LogP contribution in [-0.2, 0) is 9.53 Å². The molecule has 0 aromatic carbocycles. The Kier molecular flexibility index (Phi) is 2.97. The molecule has 0 spiro atoms. The van der Waals surface area contributed by atoms with E-state index < -0.39 is 0 Å². The van der Waals surface area contributed by atoms with Crippen LogP contribution in [-0.4, -0.2) is 12.1 Å². The summed E-state index contributed by atoms with van der Waals surface area (Å²) in [5.41, 5.74) is 3.00. The highest BCUT2D eigenvalue weighted by Gasteiger charge is 2.65. The minimum absolute atomic E-state index is 0.0109. The summed E-state index contributed by atoms with van der Waals surface area (Å²) in [4.78, 5) is 12.5. The summed E-state index contributed by atoms with van der Waals surface area (Å²) >= 11 is 0. The molecule has 0 aromatic rings. The van der Waals surface area contributed by atoms with Crippen LogP contribution in [0.2, 0.25) is 0 Å². The second-order valence-electron chi connectivity index (χ2n) is 8.76. The number of rotatable bonds is 1. The molecule has 1 aliphatic heterocycles. The molecule has 2 heteroatoms. The summed E-state index contributed by atoms with van der Waals surface area (Å²) in [7, 11) is 0. The molecule has 22 heavy (non-hydrogen) atoms. The highest BCUT2D eigenvalue weighted by molar-refractivity contribution is 5.80. The molecule has 5 unspecified atom stereocenters. The first-order valence-electron chi connectivity index (χ1n) is 8.99. The van der Waals surface area contributed by atoms with Gasteiger partial charge in [-0.15, -0.1) is 0 Å². The van der Waals surface area contributed by atoms with Gasteiger partial charge in [0, 0.05) is 5.92 Å². The van der Waals surface area contributed by atoms with E-state index >= 15 is 0 Å². The summed E-state index contributed by atoms with van der Waals surface area (Å²) in [6, 6.07) is 0. The van der Waals surface area contributed by atoms with Gasteiger partial charge >= 0.3 is 5.97 Å². The number of hydrogen-bond donors (Lipinski definition) is 0. The molecule has 4 aliphatic rings. The third-order valence-electron chi connectivity index (χ3n) is 7.22. The molecule has 0 aromatic heterocycles. The van der Waals surface area contributed by atoms with E-state index in [1.54, 1.807) is 5.57 Å². The minimum atomic E-state index is -0.248. The molecular weight excluding hydrogens is 272 g/mol. The van der Waals surface area contributed by atoms with Crippen LogP contribution in [0, 0.1) is 28.6 Å². The van der Waals surface area contributed by atoms with Crippen molar-refractivity contribution in [2.75, 3.05) is 0 Å². The van der Waals surface area contributed by atoms with Gasteiger partial charge in [0.2, 0.25) is 0 Å². The van der Waals surface area contributed by atoms with E-state index in [-0.39, 0.29) is 22.9 Å². The largest absolute Gasteiger partial charge is 0.457 e. The standard InChI is InChI=1S/C20H28O2/c1-12(2)13-6-7-15-14(10-13)11-16-17-19(15,3)8-5-9-20(17,4)18(21)22-16/h10-12,15-17H,5-9H2,1-4H3. The minimum Gasteiger partial charge on any atom is -0.457 e. The van der Waals surface area contributed by atoms with Gasteiger partial charge in [-0.1, -0.05) is 38.8 Å². The van der Waals surface area contributed by atoms with Gasteiger partial charge in [0.25, 0.3) is 0 Å². The zero-order chi connectivity index (χ0) is 15.7. The molecule has 0 radical (unpaired) electrons. The van der Waals surface area contributed by atoms with Crippen LogP contribution >= 0.6 is 0 Å². The number of ether oxygens (including phenoxy) is 1. The van der Waals surface area contributed by atoms with Gasteiger partial charge < -0.3 is 4.74 Å². The fourth-order valence-electron chi connectivity index (χ4n) is 6.07. The molecular formula is C20H28O2. The Morgan fingerprint density at radius 1 is 1.27 bits per heavy atom. The Hall–Kier alpha value is -1.05. The average Bonchev–Trinajstić information content (AvgIpc) is 2.71. The molecule has 1 heterocycles.